The summed E-state index contributed by atoms with van der Waals surface area (Å²) in [6.45, 7) is 6.23. The van der Waals surface area contributed by atoms with Crippen molar-refractivity contribution >= 4 is 0 Å². The van der Waals surface area contributed by atoms with Crippen LogP contribution in [0.5, 0.6) is 0 Å². The summed E-state index contributed by atoms with van der Waals surface area (Å²) < 4.78 is 11.4. The Labute approximate surface area is 122 Å². The van der Waals surface area contributed by atoms with Crippen LogP contribution in [0.1, 0.15) is 25.5 Å². The summed E-state index contributed by atoms with van der Waals surface area (Å²) in [5.74, 6) is -0.456. The number of nitrogens with one attached hydrogen (secondary N) is 1. The van der Waals surface area contributed by atoms with Gasteiger partial charge in [-0.05, 0) is 33.5 Å². The molecule has 1 heterocycles. The average Bonchev–Trinajstić information content (AvgIpc) is 2.41. The van der Waals surface area contributed by atoms with E-state index in [1.165, 1.54) is 5.56 Å². The predicted molar refractivity (Wildman–Crippen MR) is 80.6 cm³/mol. The highest BCUT2D eigenvalue weighted by Gasteiger charge is 2.29. The van der Waals surface area contributed by atoms with Crippen molar-refractivity contribution in [1.29, 1.82) is 0 Å². The molecule has 1 unspecified atom stereocenters. The summed E-state index contributed by atoms with van der Waals surface area (Å²) >= 11 is 0. The molecule has 1 N–H and O–H groups in total. The lowest BCUT2D eigenvalue weighted by atomic mass is 10.1. The second kappa shape index (κ2) is 6.68. The van der Waals surface area contributed by atoms with Crippen LogP contribution in [-0.4, -0.2) is 50.6 Å². The molecule has 4 nitrogen and oxygen atoms in total. The number of benzene rings is 1. The summed E-state index contributed by atoms with van der Waals surface area (Å²) in [4.78, 5) is 2.19. The van der Waals surface area contributed by atoms with Gasteiger partial charge in [0.2, 0.25) is 0 Å². The molecule has 0 spiro atoms. The van der Waals surface area contributed by atoms with Gasteiger partial charge in [-0.2, -0.15) is 0 Å². The minimum Gasteiger partial charge on any atom is -0.349 e. The Morgan fingerprint density at radius 1 is 1.20 bits per heavy atom. The maximum atomic E-state index is 5.72. The zero-order valence-corrected chi connectivity index (χ0v) is 12.9. The van der Waals surface area contributed by atoms with Gasteiger partial charge in [0.05, 0.1) is 19.3 Å². The Morgan fingerprint density at radius 3 is 2.35 bits per heavy atom. The first-order valence-electron chi connectivity index (χ1n) is 7.20. The van der Waals surface area contributed by atoms with Gasteiger partial charge in [0.1, 0.15) is 0 Å². The van der Waals surface area contributed by atoms with Crippen molar-refractivity contribution in [1.82, 2.24) is 10.2 Å². The number of likely N-dealkylation sites (N-methyl/N-ethyl adjacent to an activating group) is 1. The molecular weight excluding hydrogens is 252 g/mol. The second-order valence-corrected chi connectivity index (χ2v) is 6.11. The largest absolute Gasteiger partial charge is 0.349 e. The zero-order chi connectivity index (χ0) is 14.6. The molecule has 2 rings (SSSR count). The van der Waals surface area contributed by atoms with E-state index >= 15 is 0 Å². The molecule has 1 aliphatic heterocycles. The standard InChI is InChI=1S/C16H26N2O2/c1-16(2)19-11-14(12-20-16)17-15(10-18(3)4)13-8-6-5-7-9-13/h5-9,14-15,17H,10-12H2,1-4H3. The van der Waals surface area contributed by atoms with Crippen LogP contribution in [-0.2, 0) is 9.47 Å². The topological polar surface area (TPSA) is 33.7 Å². The molecule has 1 aliphatic rings. The highest BCUT2D eigenvalue weighted by atomic mass is 16.7. The second-order valence-electron chi connectivity index (χ2n) is 6.11. The third-order valence-electron chi connectivity index (χ3n) is 3.45. The maximum absolute atomic E-state index is 5.72. The van der Waals surface area contributed by atoms with Crippen LogP contribution in [0.2, 0.25) is 0 Å². The fraction of sp³-hybridized carbons (Fsp3) is 0.625. The fourth-order valence-electron chi connectivity index (χ4n) is 2.38. The minimum atomic E-state index is -0.456. The minimum absolute atomic E-state index is 0.230. The first-order chi connectivity index (χ1) is 9.46. The molecule has 0 radical (unpaired) electrons. The molecule has 112 valence electrons. The highest BCUT2D eigenvalue weighted by Crippen LogP contribution is 2.20. The van der Waals surface area contributed by atoms with Crippen LogP contribution in [0.4, 0.5) is 0 Å². The molecule has 0 aromatic heterocycles. The first kappa shape index (κ1) is 15.4. The molecule has 0 amide bonds. The average molecular weight is 278 g/mol. The summed E-state index contributed by atoms with van der Waals surface area (Å²) in [5.41, 5.74) is 1.30. The SMILES string of the molecule is CN(C)CC(NC1COC(C)(C)OC1)c1ccccc1. The Balaban J connectivity index is 1.98. The molecule has 1 fully saturated rings. The van der Waals surface area contributed by atoms with Crippen molar-refractivity contribution in [2.45, 2.75) is 31.7 Å². The Bertz CT molecular complexity index is 396. The summed E-state index contributed by atoms with van der Waals surface area (Å²) in [7, 11) is 4.18. The lowest BCUT2D eigenvalue weighted by molar-refractivity contribution is -0.253. The van der Waals surface area contributed by atoms with Crippen LogP contribution < -0.4 is 5.32 Å². The van der Waals surface area contributed by atoms with E-state index in [0.717, 1.165) is 6.54 Å². The molecular formula is C16H26N2O2. The van der Waals surface area contributed by atoms with Gasteiger partial charge in [-0.25, -0.2) is 0 Å². The molecule has 1 aromatic rings. The molecule has 20 heavy (non-hydrogen) atoms. The molecule has 1 atom stereocenters. The smallest absolute Gasteiger partial charge is 0.162 e. The number of nitrogens with zero attached hydrogens (tertiary/aromatic N) is 1. The van der Waals surface area contributed by atoms with E-state index < -0.39 is 5.79 Å². The van der Waals surface area contributed by atoms with Gasteiger partial charge in [-0.3, -0.25) is 0 Å². The number of rotatable bonds is 5. The highest BCUT2D eigenvalue weighted by molar-refractivity contribution is 5.19. The van der Waals surface area contributed by atoms with Crippen molar-refractivity contribution in [3.05, 3.63) is 35.9 Å². The Morgan fingerprint density at radius 2 is 1.80 bits per heavy atom. The Kier molecular flexibility index (Phi) is 5.16. The van der Waals surface area contributed by atoms with Crippen LogP contribution in [0.3, 0.4) is 0 Å². The molecule has 0 bridgehead atoms. The van der Waals surface area contributed by atoms with Crippen molar-refractivity contribution in [3.8, 4) is 0 Å². The van der Waals surface area contributed by atoms with Gasteiger partial charge >= 0.3 is 0 Å². The van der Waals surface area contributed by atoms with Gasteiger partial charge < -0.3 is 19.7 Å². The van der Waals surface area contributed by atoms with Crippen LogP contribution >= 0.6 is 0 Å². The summed E-state index contributed by atoms with van der Waals surface area (Å²) in [6, 6.07) is 11.0. The number of hydrogen-bond donors (Lipinski definition) is 1. The third kappa shape index (κ3) is 4.56. The van der Waals surface area contributed by atoms with Crippen molar-refractivity contribution < 1.29 is 9.47 Å². The lowest BCUT2D eigenvalue weighted by Crippen LogP contribution is -2.50. The normalized spacial score (nSPS) is 21.1. The molecule has 4 heteroatoms. The van der Waals surface area contributed by atoms with E-state index in [4.69, 9.17) is 9.47 Å². The molecule has 0 saturated carbocycles. The molecule has 1 aromatic carbocycles. The maximum Gasteiger partial charge on any atom is 0.162 e. The van der Waals surface area contributed by atoms with E-state index in [-0.39, 0.29) is 12.1 Å². The van der Waals surface area contributed by atoms with Crippen LogP contribution in [0, 0.1) is 0 Å². The van der Waals surface area contributed by atoms with E-state index in [2.05, 4.69) is 48.6 Å². The van der Waals surface area contributed by atoms with Gasteiger partial charge in [0.25, 0.3) is 0 Å². The lowest BCUT2D eigenvalue weighted by Gasteiger charge is -2.37. The van der Waals surface area contributed by atoms with Crippen molar-refractivity contribution in [2.75, 3.05) is 33.9 Å². The molecule has 0 aliphatic carbocycles. The van der Waals surface area contributed by atoms with E-state index in [1.807, 2.05) is 19.9 Å². The Hall–Kier alpha value is -0.940. The van der Waals surface area contributed by atoms with Crippen molar-refractivity contribution in [2.24, 2.45) is 0 Å². The van der Waals surface area contributed by atoms with Gasteiger partial charge in [0, 0.05) is 12.6 Å². The van der Waals surface area contributed by atoms with Crippen LogP contribution in [0.25, 0.3) is 0 Å². The van der Waals surface area contributed by atoms with E-state index in [1.54, 1.807) is 0 Å². The van der Waals surface area contributed by atoms with Crippen LogP contribution in [0.15, 0.2) is 30.3 Å². The quantitative estimate of drug-likeness (QED) is 0.893. The first-order valence-corrected chi connectivity index (χ1v) is 7.20. The third-order valence-corrected chi connectivity index (χ3v) is 3.45. The van der Waals surface area contributed by atoms with Gasteiger partial charge in [-0.15, -0.1) is 0 Å². The monoisotopic (exact) mass is 278 g/mol. The number of ether oxygens (including phenoxy) is 2. The molecule has 1 saturated heterocycles. The summed E-state index contributed by atoms with van der Waals surface area (Å²) in [6.07, 6.45) is 0. The summed E-state index contributed by atoms with van der Waals surface area (Å²) in [5, 5.41) is 3.65. The predicted octanol–water partition coefficient (Wildman–Crippen LogP) is 2.03. The van der Waals surface area contributed by atoms with E-state index in [0.29, 0.717) is 13.2 Å². The van der Waals surface area contributed by atoms with E-state index in [9.17, 15) is 0 Å². The van der Waals surface area contributed by atoms with Crippen molar-refractivity contribution in [3.63, 3.8) is 0 Å². The fourth-order valence-corrected chi connectivity index (χ4v) is 2.38. The zero-order valence-electron chi connectivity index (χ0n) is 12.9. The number of hydrogen-bond acceptors (Lipinski definition) is 4. The van der Waals surface area contributed by atoms with Gasteiger partial charge in [-0.1, -0.05) is 30.3 Å². The van der Waals surface area contributed by atoms with Gasteiger partial charge in [0.15, 0.2) is 5.79 Å².